The molecule has 0 amide bonds. The van der Waals surface area contributed by atoms with Crippen LogP contribution in [0.25, 0.3) is 11.3 Å². The van der Waals surface area contributed by atoms with Crippen molar-refractivity contribution in [2.45, 2.75) is 6.92 Å². The average molecular weight is 204 g/mol. The van der Waals surface area contributed by atoms with Gasteiger partial charge in [-0.2, -0.15) is 0 Å². The van der Waals surface area contributed by atoms with Crippen LogP contribution in [0.5, 0.6) is 0 Å². The molecule has 2 aromatic heterocycles. The molecule has 0 aromatic carbocycles. The molecule has 2 heterocycles. The molecule has 0 aliphatic carbocycles. The van der Waals surface area contributed by atoms with Crippen LogP contribution < -0.4 is 0 Å². The number of aryl methyl sites for hydroxylation is 1. The van der Waals surface area contributed by atoms with Gasteiger partial charge in [-0.25, -0.2) is 4.79 Å². The Labute approximate surface area is 85.4 Å². The standard InChI is InChI=1S/C10H8N2O3/c1-6-7(3-2-4-11-6)9-5-8(10(13)14)12-15-9/h2-5H,1H3,(H,13,14). The Morgan fingerprint density at radius 1 is 1.53 bits per heavy atom. The topological polar surface area (TPSA) is 76.2 Å². The van der Waals surface area contributed by atoms with Crippen molar-refractivity contribution >= 4 is 5.97 Å². The largest absolute Gasteiger partial charge is 0.476 e. The smallest absolute Gasteiger partial charge is 0.358 e. The van der Waals surface area contributed by atoms with Gasteiger partial charge < -0.3 is 9.63 Å². The summed E-state index contributed by atoms with van der Waals surface area (Å²) in [6.45, 7) is 1.82. The summed E-state index contributed by atoms with van der Waals surface area (Å²) in [4.78, 5) is 14.7. The number of hydrogen-bond acceptors (Lipinski definition) is 4. The molecule has 2 aromatic rings. The van der Waals surface area contributed by atoms with Gasteiger partial charge in [-0.05, 0) is 19.1 Å². The quantitative estimate of drug-likeness (QED) is 0.806. The third kappa shape index (κ3) is 1.71. The summed E-state index contributed by atoms with van der Waals surface area (Å²) in [7, 11) is 0. The van der Waals surface area contributed by atoms with Crippen molar-refractivity contribution in [3.63, 3.8) is 0 Å². The molecule has 5 heteroatoms. The van der Waals surface area contributed by atoms with Crippen LogP contribution in [0.2, 0.25) is 0 Å². The van der Waals surface area contributed by atoms with E-state index in [-0.39, 0.29) is 5.69 Å². The summed E-state index contributed by atoms with van der Waals surface area (Å²) in [6.07, 6.45) is 1.66. The van der Waals surface area contributed by atoms with E-state index in [2.05, 4.69) is 10.1 Å². The molecule has 0 unspecified atom stereocenters. The Kier molecular flexibility index (Phi) is 2.21. The van der Waals surface area contributed by atoms with Crippen molar-refractivity contribution in [3.8, 4) is 11.3 Å². The zero-order chi connectivity index (χ0) is 10.8. The zero-order valence-corrected chi connectivity index (χ0v) is 7.97. The molecular weight excluding hydrogens is 196 g/mol. The van der Waals surface area contributed by atoms with Gasteiger partial charge in [-0.15, -0.1) is 0 Å². The third-order valence-electron chi connectivity index (χ3n) is 2.00. The van der Waals surface area contributed by atoms with Crippen LogP contribution in [-0.2, 0) is 0 Å². The summed E-state index contributed by atoms with van der Waals surface area (Å²) in [6, 6.07) is 4.94. The Morgan fingerprint density at radius 3 is 2.93 bits per heavy atom. The highest BCUT2D eigenvalue weighted by molar-refractivity contribution is 5.86. The van der Waals surface area contributed by atoms with Crippen molar-refractivity contribution < 1.29 is 14.4 Å². The molecule has 15 heavy (non-hydrogen) atoms. The highest BCUT2D eigenvalue weighted by Gasteiger charge is 2.13. The molecule has 0 atom stereocenters. The summed E-state index contributed by atoms with van der Waals surface area (Å²) in [5, 5.41) is 12.1. The lowest BCUT2D eigenvalue weighted by Gasteiger charge is -1.97. The van der Waals surface area contributed by atoms with Gasteiger partial charge >= 0.3 is 5.97 Å². The van der Waals surface area contributed by atoms with E-state index < -0.39 is 5.97 Å². The first-order chi connectivity index (χ1) is 7.18. The number of hydrogen-bond donors (Lipinski definition) is 1. The van der Waals surface area contributed by atoms with E-state index in [9.17, 15) is 4.79 Å². The Balaban J connectivity index is 2.46. The van der Waals surface area contributed by atoms with Gasteiger partial charge in [0.05, 0.1) is 0 Å². The van der Waals surface area contributed by atoms with Crippen molar-refractivity contribution in [1.29, 1.82) is 0 Å². The number of nitrogens with zero attached hydrogens (tertiary/aromatic N) is 2. The molecule has 1 N–H and O–H groups in total. The second-order valence-electron chi connectivity index (χ2n) is 3.02. The van der Waals surface area contributed by atoms with Crippen molar-refractivity contribution in [3.05, 3.63) is 35.8 Å². The van der Waals surface area contributed by atoms with E-state index in [0.29, 0.717) is 5.76 Å². The van der Waals surface area contributed by atoms with Crippen LogP contribution in [0.4, 0.5) is 0 Å². The lowest BCUT2D eigenvalue weighted by molar-refractivity contribution is 0.0686. The van der Waals surface area contributed by atoms with Gasteiger partial charge in [0.15, 0.2) is 11.5 Å². The van der Waals surface area contributed by atoms with Gasteiger partial charge in [0, 0.05) is 23.5 Å². The van der Waals surface area contributed by atoms with E-state index in [1.807, 2.05) is 6.92 Å². The van der Waals surface area contributed by atoms with Gasteiger partial charge in [0.2, 0.25) is 0 Å². The van der Waals surface area contributed by atoms with Crippen LogP contribution in [0.15, 0.2) is 28.9 Å². The van der Waals surface area contributed by atoms with E-state index in [0.717, 1.165) is 11.3 Å². The molecule has 76 valence electrons. The lowest BCUT2D eigenvalue weighted by atomic mass is 10.1. The second kappa shape index (κ2) is 3.53. The molecule has 5 nitrogen and oxygen atoms in total. The third-order valence-corrected chi connectivity index (χ3v) is 2.00. The molecular formula is C10H8N2O3. The molecule has 0 aliphatic rings. The average Bonchev–Trinajstić information content (AvgIpc) is 2.67. The number of aromatic nitrogens is 2. The first-order valence-electron chi connectivity index (χ1n) is 4.30. The van der Waals surface area contributed by atoms with Crippen molar-refractivity contribution in [1.82, 2.24) is 10.1 Å². The normalized spacial score (nSPS) is 10.2. The highest BCUT2D eigenvalue weighted by atomic mass is 16.5. The Hall–Kier alpha value is -2.17. The first-order valence-corrected chi connectivity index (χ1v) is 4.30. The highest BCUT2D eigenvalue weighted by Crippen LogP contribution is 2.22. The zero-order valence-electron chi connectivity index (χ0n) is 7.97. The van der Waals surface area contributed by atoms with E-state index in [4.69, 9.17) is 9.63 Å². The van der Waals surface area contributed by atoms with Crippen LogP contribution in [-0.4, -0.2) is 21.2 Å². The Bertz CT molecular complexity index is 505. The predicted octanol–water partition coefficient (Wildman–Crippen LogP) is 1.74. The second-order valence-corrected chi connectivity index (χ2v) is 3.02. The molecule has 2 rings (SSSR count). The fraction of sp³-hybridized carbons (Fsp3) is 0.100. The fourth-order valence-corrected chi connectivity index (χ4v) is 1.25. The maximum Gasteiger partial charge on any atom is 0.358 e. The lowest BCUT2D eigenvalue weighted by Crippen LogP contribution is -1.94. The minimum atomic E-state index is -1.11. The van der Waals surface area contributed by atoms with Crippen molar-refractivity contribution in [2.75, 3.05) is 0 Å². The molecule has 0 radical (unpaired) electrons. The maximum atomic E-state index is 10.6. The summed E-state index contributed by atoms with van der Waals surface area (Å²) < 4.78 is 4.92. The van der Waals surface area contributed by atoms with Crippen LogP contribution >= 0.6 is 0 Å². The van der Waals surface area contributed by atoms with Gasteiger partial charge in [0.25, 0.3) is 0 Å². The van der Waals surface area contributed by atoms with Crippen LogP contribution in [0.3, 0.4) is 0 Å². The SMILES string of the molecule is Cc1ncccc1-c1cc(C(=O)O)no1. The van der Waals surface area contributed by atoms with Gasteiger partial charge in [-0.1, -0.05) is 5.16 Å². The molecule has 0 saturated carbocycles. The van der Waals surface area contributed by atoms with Gasteiger partial charge in [0.1, 0.15) is 0 Å². The Morgan fingerprint density at radius 2 is 2.33 bits per heavy atom. The first kappa shape index (κ1) is 9.39. The van der Waals surface area contributed by atoms with Crippen LogP contribution in [0.1, 0.15) is 16.2 Å². The molecule has 0 bridgehead atoms. The summed E-state index contributed by atoms with van der Waals surface area (Å²) in [5.41, 5.74) is 1.41. The predicted molar refractivity (Wildman–Crippen MR) is 51.4 cm³/mol. The number of pyridine rings is 1. The van der Waals surface area contributed by atoms with Crippen molar-refractivity contribution in [2.24, 2.45) is 0 Å². The molecule has 0 spiro atoms. The molecule has 0 aliphatic heterocycles. The monoisotopic (exact) mass is 204 g/mol. The number of aromatic carboxylic acids is 1. The van der Waals surface area contributed by atoms with Gasteiger partial charge in [-0.3, -0.25) is 4.98 Å². The van der Waals surface area contributed by atoms with E-state index >= 15 is 0 Å². The fourth-order valence-electron chi connectivity index (χ4n) is 1.25. The summed E-state index contributed by atoms with van der Waals surface area (Å²) in [5.74, 6) is -0.690. The maximum absolute atomic E-state index is 10.6. The number of rotatable bonds is 2. The minimum Gasteiger partial charge on any atom is -0.476 e. The van der Waals surface area contributed by atoms with Crippen LogP contribution in [0, 0.1) is 6.92 Å². The number of carbonyl (C=O) groups is 1. The number of carboxylic acid groups (broad SMARTS) is 1. The van der Waals surface area contributed by atoms with E-state index in [1.54, 1.807) is 18.3 Å². The van der Waals surface area contributed by atoms with E-state index in [1.165, 1.54) is 6.07 Å². The molecule has 0 fully saturated rings. The molecule has 0 saturated heterocycles. The summed E-state index contributed by atoms with van der Waals surface area (Å²) >= 11 is 0. The minimum absolute atomic E-state index is 0.103. The number of carboxylic acids is 1.